The van der Waals surface area contributed by atoms with Gasteiger partial charge in [0.25, 0.3) is 5.91 Å². The number of hydrogen-bond acceptors (Lipinski definition) is 6. The largest absolute Gasteiger partial charge is 0.490 e. The number of aromatic nitrogens is 1. The van der Waals surface area contributed by atoms with Gasteiger partial charge in [0.2, 0.25) is 0 Å². The molecular formula is C23H26N2O5. The number of furan rings is 1. The molecule has 0 saturated heterocycles. The monoisotopic (exact) mass is 410 g/mol. The van der Waals surface area contributed by atoms with Crippen LogP contribution in [0.5, 0.6) is 11.5 Å². The van der Waals surface area contributed by atoms with Crippen LogP contribution in [0, 0.1) is 0 Å². The van der Waals surface area contributed by atoms with Crippen LogP contribution < -0.4 is 14.8 Å². The van der Waals surface area contributed by atoms with E-state index in [1.54, 1.807) is 36.9 Å². The van der Waals surface area contributed by atoms with Crippen molar-refractivity contribution in [3.05, 3.63) is 78.0 Å². The molecule has 3 rings (SSSR count). The molecule has 0 spiro atoms. The van der Waals surface area contributed by atoms with Gasteiger partial charge in [0, 0.05) is 31.1 Å². The Balaban J connectivity index is 1.46. The molecule has 0 bridgehead atoms. The van der Waals surface area contributed by atoms with Crippen LogP contribution in [0.1, 0.15) is 35.0 Å². The molecule has 0 unspecified atom stereocenters. The topological polar surface area (TPSA) is 82.8 Å². The Labute approximate surface area is 176 Å². The third-order valence-electron chi connectivity index (χ3n) is 4.22. The number of nitrogens with zero attached hydrogens (tertiary/aromatic N) is 1. The maximum Gasteiger partial charge on any atom is 0.251 e. The number of amides is 1. The summed E-state index contributed by atoms with van der Waals surface area (Å²) in [5.74, 6) is 1.76. The standard InChI is InChI=1S/C23H26N2O5/c1-2-28-22-15-19(6-7-21(22)30-16-18-8-11-24-12-9-18)23(26)25-10-4-13-27-17-20-5-3-14-29-20/h3,5-9,11-12,14-15H,2,4,10,13,16-17H2,1H3,(H,25,26). The highest BCUT2D eigenvalue weighted by atomic mass is 16.5. The molecule has 3 aromatic rings. The van der Waals surface area contributed by atoms with E-state index in [0.29, 0.717) is 56.5 Å². The van der Waals surface area contributed by atoms with E-state index in [1.807, 2.05) is 31.2 Å². The minimum absolute atomic E-state index is 0.164. The zero-order valence-corrected chi connectivity index (χ0v) is 17.0. The molecule has 0 radical (unpaired) electrons. The van der Waals surface area contributed by atoms with Gasteiger partial charge < -0.3 is 23.9 Å². The molecule has 1 N–H and O–H groups in total. The average Bonchev–Trinajstić information content (AvgIpc) is 3.29. The second kappa shape index (κ2) is 11.6. The first-order chi connectivity index (χ1) is 14.8. The lowest BCUT2D eigenvalue weighted by molar-refractivity contribution is 0.0916. The van der Waals surface area contributed by atoms with Crippen molar-refractivity contribution < 1.29 is 23.4 Å². The van der Waals surface area contributed by atoms with Crippen LogP contribution in [0.4, 0.5) is 0 Å². The minimum Gasteiger partial charge on any atom is -0.490 e. The van der Waals surface area contributed by atoms with Crippen molar-refractivity contribution in [1.29, 1.82) is 0 Å². The van der Waals surface area contributed by atoms with E-state index in [0.717, 1.165) is 11.3 Å². The first kappa shape index (κ1) is 21.4. The first-order valence-electron chi connectivity index (χ1n) is 9.93. The smallest absolute Gasteiger partial charge is 0.251 e. The highest BCUT2D eigenvalue weighted by Gasteiger charge is 2.12. The molecule has 0 aliphatic rings. The molecule has 2 aromatic heterocycles. The number of ether oxygens (including phenoxy) is 3. The highest BCUT2D eigenvalue weighted by Crippen LogP contribution is 2.29. The summed E-state index contributed by atoms with van der Waals surface area (Å²) in [7, 11) is 0. The van der Waals surface area contributed by atoms with Gasteiger partial charge in [-0.2, -0.15) is 0 Å². The van der Waals surface area contributed by atoms with Gasteiger partial charge in [-0.25, -0.2) is 0 Å². The van der Waals surface area contributed by atoms with Crippen molar-refractivity contribution in [2.75, 3.05) is 19.8 Å². The van der Waals surface area contributed by atoms with Crippen molar-refractivity contribution in [2.24, 2.45) is 0 Å². The fourth-order valence-corrected chi connectivity index (χ4v) is 2.72. The van der Waals surface area contributed by atoms with Crippen molar-refractivity contribution in [3.8, 4) is 11.5 Å². The lowest BCUT2D eigenvalue weighted by atomic mass is 10.2. The van der Waals surface area contributed by atoms with Gasteiger partial charge in [0.05, 0.1) is 12.9 Å². The van der Waals surface area contributed by atoms with E-state index < -0.39 is 0 Å². The SMILES string of the molecule is CCOc1cc(C(=O)NCCCOCc2ccco2)ccc1OCc1ccncc1. The molecule has 7 nitrogen and oxygen atoms in total. The zero-order valence-electron chi connectivity index (χ0n) is 17.0. The third kappa shape index (κ3) is 6.63. The normalized spacial score (nSPS) is 10.6. The van der Waals surface area contributed by atoms with Gasteiger partial charge in [-0.05, 0) is 61.4 Å². The Bertz CT molecular complexity index is 897. The lowest BCUT2D eigenvalue weighted by Gasteiger charge is -2.13. The molecule has 0 aliphatic carbocycles. The fraction of sp³-hybridized carbons (Fsp3) is 0.304. The summed E-state index contributed by atoms with van der Waals surface area (Å²) in [6, 6.07) is 12.7. The first-order valence-corrected chi connectivity index (χ1v) is 9.93. The van der Waals surface area contributed by atoms with Gasteiger partial charge in [-0.15, -0.1) is 0 Å². The van der Waals surface area contributed by atoms with E-state index in [-0.39, 0.29) is 5.91 Å². The van der Waals surface area contributed by atoms with Gasteiger partial charge in [0.1, 0.15) is 19.0 Å². The van der Waals surface area contributed by atoms with Crippen LogP contribution in [-0.4, -0.2) is 30.6 Å². The molecule has 2 heterocycles. The predicted octanol–water partition coefficient (Wildman–Crippen LogP) is 3.99. The molecule has 0 fully saturated rings. The number of carbonyl (C=O) groups excluding carboxylic acids is 1. The zero-order chi connectivity index (χ0) is 21.0. The third-order valence-corrected chi connectivity index (χ3v) is 4.22. The maximum atomic E-state index is 12.4. The van der Waals surface area contributed by atoms with Crippen LogP contribution in [-0.2, 0) is 18.0 Å². The summed E-state index contributed by atoms with van der Waals surface area (Å²) in [5, 5.41) is 2.89. The van der Waals surface area contributed by atoms with Crippen LogP contribution in [0.15, 0.2) is 65.5 Å². The fourth-order valence-electron chi connectivity index (χ4n) is 2.72. The quantitative estimate of drug-likeness (QED) is 0.455. The van der Waals surface area contributed by atoms with E-state index >= 15 is 0 Å². The van der Waals surface area contributed by atoms with Gasteiger partial charge in [-0.1, -0.05) is 0 Å². The Morgan fingerprint density at radius 1 is 1.07 bits per heavy atom. The van der Waals surface area contributed by atoms with E-state index in [9.17, 15) is 4.79 Å². The van der Waals surface area contributed by atoms with Crippen LogP contribution in [0.3, 0.4) is 0 Å². The molecule has 0 atom stereocenters. The average molecular weight is 410 g/mol. The molecular weight excluding hydrogens is 384 g/mol. The lowest BCUT2D eigenvalue weighted by Crippen LogP contribution is -2.25. The molecule has 30 heavy (non-hydrogen) atoms. The highest BCUT2D eigenvalue weighted by molar-refractivity contribution is 5.94. The van der Waals surface area contributed by atoms with E-state index in [2.05, 4.69) is 10.3 Å². The number of carbonyl (C=O) groups is 1. The van der Waals surface area contributed by atoms with Crippen molar-refractivity contribution >= 4 is 5.91 Å². The number of benzene rings is 1. The summed E-state index contributed by atoms with van der Waals surface area (Å²) in [6.45, 7) is 4.24. The Morgan fingerprint density at radius 3 is 2.70 bits per heavy atom. The molecule has 0 saturated carbocycles. The Morgan fingerprint density at radius 2 is 1.93 bits per heavy atom. The molecule has 0 aliphatic heterocycles. The molecule has 1 aromatic carbocycles. The van der Waals surface area contributed by atoms with Crippen LogP contribution in [0.25, 0.3) is 0 Å². The second-order valence-corrected chi connectivity index (χ2v) is 6.48. The Kier molecular flexibility index (Phi) is 8.29. The van der Waals surface area contributed by atoms with Crippen molar-refractivity contribution in [2.45, 2.75) is 26.6 Å². The minimum atomic E-state index is -0.164. The number of rotatable bonds is 12. The van der Waals surface area contributed by atoms with Gasteiger partial charge >= 0.3 is 0 Å². The number of hydrogen-bond donors (Lipinski definition) is 1. The van der Waals surface area contributed by atoms with Crippen molar-refractivity contribution in [1.82, 2.24) is 10.3 Å². The number of nitrogens with one attached hydrogen (secondary N) is 1. The van der Waals surface area contributed by atoms with E-state index in [4.69, 9.17) is 18.6 Å². The van der Waals surface area contributed by atoms with Crippen LogP contribution in [0.2, 0.25) is 0 Å². The summed E-state index contributed by atoms with van der Waals surface area (Å²) < 4.78 is 22.2. The maximum absolute atomic E-state index is 12.4. The Hall–Kier alpha value is -3.32. The summed E-state index contributed by atoms with van der Waals surface area (Å²) in [6.07, 6.45) is 5.76. The molecule has 7 heteroatoms. The van der Waals surface area contributed by atoms with Crippen molar-refractivity contribution in [3.63, 3.8) is 0 Å². The predicted molar refractivity (Wildman–Crippen MR) is 111 cm³/mol. The van der Waals surface area contributed by atoms with Gasteiger partial charge in [0.15, 0.2) is 11.5 Å². The molecule has 158 valence electrons. The summed E-state index contributed by atoms with van der Waals surface area (Å²) in [5.41, 5.74) is 1.52. The van der Waals surface area contributed by atoms with Gasteiger partial charge in [-0.3, -0.25) is 9.78 Å². The molecule has 1 amide bonds. The summed E-state index contributed by atoms with van der Waals surface area (Å²) in [4.78, 5) is 16.4. The second-order valence-electron chi connectivity index (χ2n) is 6.48. The number of pyridine rings is 1. The summed E-state index contributed by atoms with van der Waals surface area (Å²) >= 11 is 0. The van der Waals surface area contributed by atoms with E-state index in [1.165, 1.54) is 0 Å². The van der Waals surface area contributed by atoms with Crippen LogP contribution >= 0.6 is 0 Å².